The number of piperidine rings is 1. The zero-order chi connectivity index (χ0) is 13.7. The van der Waals surface area contributed by atoms with E-state index in [9.17, 15) is 9.59 Å². The number of allylic oxidation sites excluding steroid dienone is 1. The molecule has 1 aliphatic heterocycles. The van der Waals surface area contributed by atoms with E-state index in [1.165, 1.54) is 0 Å². The Hall–Kier alpha value is -1.32. The molecule has 18 heavy (non-hydrogen) atoms. The van der Waals surface area contributed by atoms with Crippen molar-refractivity contribution < 1.29 is 14.7 Å². The van der Waals surface area contributed by atoms with Crippen LogP contribution in [0.15, 0.2) is 12.2 Å². The molecule has 0 aromatic carbocycles. The van der Waals surface area contributed by atoms with Gasteiger partial charge in [0.2, 0.25) is 5.91 Å². The Morgan fingerprint density at radius 3 is 2.39 bits per heavy atom. The summed E-state index contributed by atoms with van der Waals surface area (Å²) in [5.74, 6) is -0.358. The molecule has 102 valence electrons. The number of hydrogen-bond acceptors (Lipinski definition) is 2. The van der Waals surface area contributed by atoms with E-state index in [0.717, 1.165) is 24.8 Å². The molecular formula is C14H23NO3. The van der Waals surface area contributed by atoms with Gasteiger partial charge in [0.1, 0.15) is 0 Å². The standard InChI is InChI=1S/C14H23NO3/c1-10(2)8-11(3)14(18)15-6-4-12(5-7-15)9-13(16)17/h11-12H,1,4-9H2,2-3H3,(H,16,17). The molecule has 0 aromatic rings. The van der Waals surface area contributed by atoms with Gasteiger partial charge in [-0.25, -0.2) is 0 Å². The third-order valence-corrected chi connectivity index (χ3v) is 3.47. The summed E-state index contributed by atoms with van der Waals surface area (Å²) in [5.41, 5.74) is 1.02. The second-order valence-corrected chi connectivity index (χ2v) is 5.43. The molecular weight excluding hydrogens is 230 g/mol. The van der Waals surface area contributed by atoms with E-state index in [2.05, 4.69) is 6.58 Å². The van der Waals surface area contributed by atoms with Crippen LogP contribution in [0.2, 0.25) is 0 Å². The van der Waals surface area contributed by atoms with Gasteiger partial charge in [0.15, 0.2) is 0 Å². The molecule has 4 nitrogen and oxygen atoms in total. The number of likely N-dealkylation sites (tertiary alicyclic amines) is 1. The summed E-state index contributed by atoms with van der Waals surface area (Å²) < 4.78 is 0. The van der Waals surface area contributed by atoms with Gasteiger partial charge in [-0.1, -0.05) is 12.5 Å². The second kappa shape index (κ2) is 6.57. The van der Waals surface area contributed by atoms with Crippen LogP contribution in [-0.4, -0.2) is 35.0 Å². The molecule has 1 N–H and O–H groups in total. The number of nitrogens with zero attached hydrogens (tertiary/aromatic N) is 1. The largest absolute Gasteiger partial charge is 0.481 e. The molecule has 0 bridgehead atoms. The van der Waals surface area contributed by atoms with Gasteiger partial charge >= 0.3 is 5.97 Å². The van der Waals surface area contributed by atoms with Crippen molar-refractivity contribution in [3.8, 4) is 0 Å². The second-order valence-electron chi connectivity index (χ2n) is 5.43. The van der Waals surface area contributed by atoms with Crippen molar-refractivity contribution in [2.24, 2.45) is 11.8 Å². The summed E-state index contributed by atoms with van der Waals surface area (Å²) in [4.78, 5) is 24.6. The topological polar surface area (TPSA) is 57.6 Å². The molecule has 0 spiro atoms. The average molecular weight is 253 g/mol. The van der Waals surface area contributed by atoms with Crippen LogP contribution < -0.4 is 0 Å². The Labute approximate surface area is 109 Å². The van der Waals surface area contributed by atoms with Crippen molar-refractivity contribution in [2.75, 3.05) is 13.1 Å². The Morgan fingerprint density at radius 1 is 1.39 bits per heavy atom. The molecule has 1 saturated heterocycles. The summed E-state index contributed by atoms with van der Waals surface area (Å²) in [6, 6.07) is 0. The maximum Gasteiger partial charge on any atom is 0.303 e. The van der Waals surface area contributed by atoms with Crippen LogP contribution in [0, 0.1) is 11.8 Å². The van der Waals surface area contributed by atoms with Crippen molar-refractivity contribution >= 4 is 11.9 Å². The molecule has 0 aromatic heterocycles. The first kappa shape index (κ1) is 14.7. The zero-order valence-electron chi connectivity index (χ0n) is 11.3. The van der Waals surface area contributed by atoms with Gasteiger partial charge < -0.3 is 10.0 Å². The van der Waals surface area contributed by atoms with Crippen LogP contribution in [0.5, 0.6) is 0 Å². The zero-order valence-corrected chi connectivity index (χ0v) is 11.3. The van der Waals surface area contributed by atoms with Gasteiger partial charge in [0.25, 0.3) is 0 Å². The van der Waals surface area contributed by atoms with Gasteiger partial charge in [-0.05, 0) is 32.1 Å². The van der Waals surface area contributed by atoms with E-state index in [0.29, 0.717) is 13.1 Å². The predicted molar refractivity (Wildman–Crippen MR) is 70.2 cm³/mol. The molecule has 1 fully saturated rings. The smallest absolute Gasteiger partial charge is 0.303 e. The first-order chi connectivity index (χ1) is 8.40. The molecule has 1 amide bonds. The molecule has 1 rings (SSSR count). The predicted octanol–water partition coefficient (Wildman–Crippen LogP) is 2.30. The van der Waals surface area contributed by atoms with Gasteiger partial charge in [0.05, 0.1) is 0 Å². The number of amides is 1. The van der Waals surface area contributed by atoms with E-state index >= 15 is 0 Å². The average Bonchev–Trinajstić information content (AvgIpc) is 2.27. The highest BCUT2D eigenvalue weighted by atomic mass is 16.4. The lowest BCUT2D eigenvalue weighted by molar-refractivity contribution is -0.139. The molecule has 1 aliphatic rings. The molecule has 0 saturated carbocycles. The van der Waals surface area contributed by atoms with Crippen LogP contribution in [0.4, 0.5) is 0 Å². The third-order valence-electron chi connectivity index (χ3n) is 3.47. The van der Waals surface area contributed by atoms with E-state index in [-0.39, 0.29) is 24.2 Å². The van der Waals surface area contributed by atoms with Crippen LogP contribution in [-0.2, 0) is 9.59 Å². The SMILES string of the molecule is C=C(C)CC(C)C(=O)N1CCC(CC(=O)O)CC1. The summed E-state index contributed by atoms with van der Waals surface area (Å²) in [6.07, 6.45) is 2.56. The van der Waals surface area contributed by atoms with Crippen LogP contribution >= 0.6 is 0 Å². The summed E-state index contributed by atoms with van der Waals surface area (Å²) in [7, 11) is 0. The highest BCUT2D eigenvalue weighted by Crippen LogP contribution is 2.22. The van der Waals surface area contributed by atoms with E-state index in [1.807, 2.05) is 18.7 Å². The van der Waals surface area contributed by atoms with Crippen LogP contribution in [0.25, 0.3) is 0 Å². The van der Waals surface area contributed by atoms with Crippen molar-refractivity contribution in [2.45, 2.75) is 39.5 Å². The highest BCUT2D eigenvalue weighted by molar-refractivity contribution is 5.78. The molecule has 1 unspecified atom stereocenters. The van der Waals surface area contributed by atoms with Crippen molar-refractivity contribution in [3.05, 3.63) is 12.2 Å². The van der Waals surface area contributed by atoms with Crippen LogP contribution in [0.3, 0.4) is 0 Å². The van der Waals surface area contributed by atoms with E-state index in [1.54, 1.807) is 0 Å². The summed E-state index contributed by atoms with van der Waals surface area (Å²) in [5, 5.41) is 8.74. The third kappa shape index (κ3) is 4.51. The Kier molecular flexibility index (Phi) is 5.38. The normalized spacial score (nSPS) is 18.4. The van der Waals surface area contributed by atoms with Gasteiger partial charge in [-0.15, -0.1) is 6.58 Å². The minimum Gasteiger partial charge on any atom is -0.481 e. The number of rotatable bonds is 5. The Bertz CT molecular complexity index is 330. The number of hydrogen-bond donors (Lipinski definition) is 1. The van der Waals surface area contributed by atoms with E-state index in [4.69, 9.17) is 5.11 Å². The number of carbonyl (C=O) groups is 2. The minimum absolute atomic E-state index is 0.0153. The van der Waals surface area contributed by atoms with E-state index < -0.39 is 5.97 Å². The fourth-order valence-corrected chi connectivity index (χ4v) is 2.53. The minimum atomic E-state index is -0.740. The molecule has 0 aliphatic carbocycles. The lowest BCUT2D eigenvalue weighted by Gasteiger charge is -2.33. The maximum atomic E-state index is 12.1. The maximum absolute atomic E-state index is 12.1. The molecule has 1 atom stereocenters. The monoisotopic (exact) mass is 253 g/mol. The quantitative estimate of drug-likeness (QED) is 0.765. The first-order valence-electron chi connectivity index (χ1n) is 6.55. The van der Waals surface area contributed by atoms with Gasteiger partial charge in [0, 0.05) is 25.4 Å². The number of carbonyl (C=O) groups excluding carboxylic acids is 1. The fourth-order valence-electron chi connectivity index (χ4n) is 2.53. The number of carboxylic acid groups (broad SMARTS) is 1. The van der Waals surface area contributed by atoms with Crippen molar-refractivity contribution in [3.63, 3.8) is 0 Å². The van der Waals surface area contributed by atoms with Crippen molar-refractivity contribution in [1.82, 2.24) is 4.90 Å². The lowest BCUT2D eigenvalue weighted by atomic mass is 9.92. The van der Waals surface area contributed by atoms with Gasteiger partial charge in [-0.3, -0.25) is 9.59 Å². The first-order valence-corrected chi connectivity index (χ1v) is 6.55. The van der Waals surface area contributed by atoms with Gasteiger partial charge in [-0.2, -0.15) is 0 Å². The Balaban J connectivity index is 2.40. The number of carboxylic acids is 1. The molecule has 1 heterocycles. The lowest BCUT2D eigenvalue weighted by Crippen LogP contribution is -2.41. The molecule has 4 heteroatoms. The molecule has 0 radical (unpaired) electrons. The summed E-state index contributed by atoms with van der Waals surface area (Å²) in [6.45, 7) is 9.08. The number of aliphatic carboxylic acids is 1. The Morgan fingerprint density at radius 2 is 1.94 bits per heavy atom. The van der Waals surface area contributed by atoms with Crippen LogP contribution in [0.1, 0.15) is 39.5 Å². The fraction of sp³-hybridized carbons (Fsp3) is 0.714. The highest BCUT2D eigenvalue weighted by Gasteiger charge is 2.26. The summed E-state index contributed by atoms with van der Waals surface area (Å²) >= 11 is 0. The van der Waals surface area contributed by atoms with Crippen molar-refractivity contribution in [1.29, 1.82) is 0 Å².